The van der Waals surface area contributed by atoms with E-state index in [0.29, 0.717) is 6.54 Å². The van der Waals surface area contributed by atoms with Gasteiger partial charge < -0.3 is 14.9 Å². The second kappa shape index (κ2) is 4.27. The number of aromatic nitrogens is 4. The first-order valence-corrected chi connectivity index (χ1v) is 5.88. The van der Waals surface area contributed by atoms with Gasteiger partial charge in [-0.05, 0) is 29.1 Å². The standard InChI is InChI=1S/C13H15N5/c1-17-9-15-16-13(17)8-18-5-4-11-6-10(7-14)2-3-12(11)18/h2-6,9H,7-8,14H2,1H3. The summed E-state index contributed by atoms with van der Waals surface area (Å²) >= 11 is 0. The number of fused-ring (bicyclic) bond motifs is 1. The molecule has 0 atom stereocenters. The quantitative estimate of drug-likeness (QED) is 0.751. The first-order valence-electron chi connectivity index (χ1n) is 5.88. The van der Waals surface area contributed by atoms with Gasteiger partial charge in [-0.2, -0.15) is 0 Å². The maximum absolute atomic E-state index is 5.65. The minimum atomic E-state index is 0.574. The summed E-state index contributed by atoms with van der Waals surface area (Å²) in [5.74, 6) is 0.940. The molecule has 2 heterocycles. The van der Waals surface area contributed by atoms with Gasteiger partial charge in [0.05, 0.1) is 6.54 Å². The zero-order valence-corrected chi connectivity index (χ0v) is 10.2. The van der Waals surface area contributed by atoms with Gasteiger partial charge in [0.1, 0.15) is 6.33 Å². The predicted octanol–water partition coefficient (Wildman–Crippen LogP) is 1.28. The average molecular weight is 241 g/mol. The van der Waals surface area contributed by atoms with Crippen molar-refractivity contribution in [2.75, 3.05) is 0 Å². The molecule has 3 aromatic rings. The number of hydrogen-bond acceptors (Lipinski definition) is 3. The van der Waals surface area contributed by atoms with Crippen LogP contribution in [-0.2, 0) is 20.1 Å². The van der Waals surface area contributed by atoms with Crippen LogP contribution in [-0.4, -0.2) is 19.3 Å². The lowest BCUT2D eigenvalue weighted by Crippen LogP contribution is -2.04. The Balaban J connectivity index is 2.00. The molecule has 0 aliphatic heterocycles. The SMILES string of the molecule is Cn1cnnc1Cn1ccc2cc(CN)ccc21. The van der Waals surface area contributed by atoms with Gasteiger partial charge in [0, 0.05) is 25.3 Å². The fraction of sp³-hybridized carbons (Fsp3) is 0.231. The lowest BCUT2D eigenvalue weighted by molar-refractivity contribution is 0.716. The minimum Gasteiger partial charge on any atom is -0.340 e. The van der Waals surface area contributed by atoms with Crippen molar-refractivity contribution in [3.05, 3.63) is 48.2 Å². The zero-order chi connectivity index (χ0) is 12.5. The second-order valence-electron chi connectivity index (χ2n) is 4.40. The molecule has 2 aromatic heterocycles. The topological polar surface area (TPSA) is 61.7 Å². The maximum atomic E-state index is 5.65. The molecule has 3 rings (SSSR count). The molecule has 0 amide bonds. The summed E-state index contributed by atoms with van der Waals surface area (Å²) in [5, 5.41) is 9.20. The van der Waals surface area contributed by atoms with E-state index in [1.54, 1.807) is 6.33 Å². The molecule has 0 aliphatic carbocycles. The number of nitrogens with zero attached hydrogens (tertiary/aromatic N) is 4. The third-order valence-corrected chi connectivity index (χ3v) is 3.19. The average Bonchev–Trinajstić information content (AvgIpc) is 2.97. The van der Waals surface area contributed by atoms with Crippen LogP contribution in [0.25, 0.3) is 10.9 Å². The van der Waals surface area contributed by atoms with Crippen LogP contribution in [0, 0.1) is 0 Å². The molecule has 2 N–H and O–H groups in total. The first kappa shape index (κ1) is 11.0. The van der Waals surface area contributed by atoms with Crippen molar-refractivity contribution in [1.82, 2.24) is 19.3 Å². The van der Waals surface area contributed by atoms with E-state index < -0.39 is 0 Å². The predicted molar refractivity (Wildman–Crippen MR) is 69.9 cm³/mol. The fourth-order valence-electron chi connectivity index (χ4n) is 2.12. The Labute approximate surface area is 105 Å². The molecule has 0 radical (unpaired) electrons. The van der Waals surface area contributed by atoms with E-state index >= 15 is 0 Å². The third-order valence-electron chi connectivity index (χ3n) is 3.19. The molecule has 18 heavy (non-hydrogen) atoms. The van der Waals surface area contributed by atoms with E-state index in [9.17, 15) is 0 Å². The van der Waals surface area contributed by atoms with Crippen molar-refractivity contribution < 1.29 is 0 Å². The third kappa shape index (κ3) is 1.78. The van der Waals surface area contributed by atoms with Gasteiger partial charge >= 0.3 is 0 Å². The molecule has 1 aromatic carbocycles. The van der Waals surface area contributed by atoms with Crippen LogP contribution in [0.15, 0.2) is 36.8 Å². The van der Waals surface area contributed by atoms with Crippen LogP contribution in [0.1, 0.15) is 11.4 Å². The second-order valence-corrected chi connectivity index (χ2v) is 4.40. The highest BCUT2D eigenvalue weighted by Gasteiger charge is 2.05. The van der Waals surface area contributed by atoms with Gasteiger partial charge in [0.15, 0.2) is 5.82 Å². The molecule has 0 aliphatic rings. The lowest BCUT2D eigenvalue weighted by Gasteiger charge is -2.05. The smallest absolute Gasteiger partial charge is 0.152 e. The zero-order valence-electron chi connectivity index (χ0n) is 10.2. The van der Waals surface area contributed by atoms with Gasteiger partial charge in [0.25, 0.3) is 0 Å². The van der Waals surface area contributed by atoms with Crippen LogP contribution in [0.5, 0.6) is 0 Å². The minimum absolute atomic E-state index is 0.574. The molecule has 0 fully saturated rings. The number of hydrogen-bond donors (Lipinski definition) is 1. The molecule has 5 heteroatoms. The molecular formula is C13H15N5. The summed E-state index contributed by atoms with van der Waals surface area (Å²) < 4.78 is 4.10. The Morgan fingerprint density at radius 3 is 2.89 bits per heavy atom. The Bertz CT molecular complexity index is 680. The molecule has 0 bridgehead atoms. The Morgan fingerprint density at radius 2 is 2.17 bits per heavy atom. The van der Waals surface area contributed by atoms with Crippen molar-refractivity contribution in [3.63, 3.8) is 0 Å². The number of nitrogens with two attached hydrogens (primary N) is 1. The monoisotopic (exact) mass is 241 g/mol. The summed E-state index contributed by atoms with van der Waals surface area (Å²) in [4.78, 5) is 0. The normalized spacial score (nSPS) is 11.2. The molecule has 0 unspecified atom stereocenters. The van der Waals surface area contributed by atoms with Crippen molar-refractivity contribution >= 4 is 10.9 Å². The Morgan fingerprint density at radius 1 is 1.28 bits per heavy atom. The van der Waals surface area contributed by atoms with E-state index in [2.05, 4.69) is 45.2 Å². The van der Waals surface area contributed by atoms with Crippen LogP contribution >= 0.6 is 0 Å². The summed E-state index contributed by atoms with van der Waals surface area (Å²) in [6, 6.07) is 8.40. The van der Waals surface area contributed by atoms with Gasteiger partial charge in [-0.25, -0.2) is 0 Å². The maximum Gasteiger partial charge on any atom is 0.152 e. The van der Waals surface area contributed by atoms with Crippen molar-refractivity contribution in [3.8, 4) is 0 Å². The highest BCUT2D eigenvalue weighted by atomic mass is 15.3. The molecule has 0 spiro atoms. The van der Waals surface area contributed by atoms with Crippen LogP contribution in [0.3, 0.4) is 0 Å². The molecule has 0 saturated carbocycles. The van der Waals surface area contributed by atoms with Crippen molar-refractivity contribution in [2.45, 2.75) is 13.1 Å². The highest BCUT2D eigenvalue weighted by Crippen LogP contribution is 2.18. The lowest BCUT2D eigenvalue weighted by atomic mass is 10.1. The number of benzene rings is 1. The van der Waals surface area contributed by atoms with Gasteiger partial charge in [-0.3, -0.25) is 0 Å². The van der Waals surface area contributed by atoms with E-state index in [0.717, 1.165) is 17.9 Å². The summed E-state index contributed by atoms with van der Waals surface area (Å²) in [6.07, 6.45) is 3.78. The highest BCUT2D eigenvalue weighted by molar-refractivity contribution is 5.80. The fourth-order valence-corrected chi connectivity index (χ4v) is 2.12. The van der Waals surface area contributed by atoms with E-state index in [1.165, 1.54) is 10.9 Å². The molecule has 92 valence electrons. The summed E-state index contributed by atoms with van der Waals surface area (Å²) in [7, 11) is 1.95. The van der Waals surface area contributed by atoms with Crippen molar-refractivity contribution in [1.29, 1.82) is 0 Å². The van der Waals surface area contributed by atoms with Crippen molar-refractivity contribution in [2.24, 2.45) is 12.8 Å². The Hall–Kier alpha value is -2.14. The van der Waals surface area contributed by atoms with Crippen LogP contribution in [0.2, 0.25) is 0 Å². The van der Waals surface area contributed by atoms with Gasteiger partial charge in [0.2, 0.25) is 0 Å². The summed E-state index contributed by atoms with van der Waals surface area (Å²) in [5.41, 5.74) is 7.99. The number of rotatable bonds is 3. The van der Waals surface area contributed by atoms with E-state index in [4.69, 9.17) is 5.73 Å². The Kier molecular flexibility index (Phi) is 2.60. The van der Waals surface area contributed by atoms with E-state index in [1.807, 2.05) is 11.6 Å². The van der Waals surface area contributed by atoms with Crippen LogP contribution in [0.4, 0.5) is 0 Å². The largest absolute Gasteiger partial charge is 0.340 e. The first-order chi connectivity index (χ1) is 8.78. The van der Waals surface area contributed by atoms with Gasteiger partial charge in [-0.15, -0.1) is 10.2 Å². The molecular weight excluding hydrogens is 226 g/mol. The summed E-state index contributed by atoms with van der Waals surface area (Å²) in [6.45, 7) is 1.30. The number of aryl methyl sites for hydroxylation is 1. The van der Waals surface area contributed by atoms with Gasteiger partial charge in [-0.1, -0.05) is 6.07 Å². The van der Waals surface area contributed by atoms with E-state index in [-0.39, 0.29) is 0 Å². The molecule has 5 nitrogen and oxygen atoms in total. The molecule has 0 saturated heterocycles. The van der Waals surface area contributed by atoms with Crippen LogP contribution < -0.4 is 5.73 Å².